The average molecular weight is 197 g/mol. The van der Waals surface area contributed by atoms with E-state index in [9.17, 15) is 9.59 Å². The molecule has 0 aromatic heterocycles. The number of hydrogen-bond donors (Lipinski definition) is 0. The average Bonchev–Trinajstić information content (AvgIpc) is 2.22. The molecule has 4 heteroatoms. The Morgan fingerprint density at radius 2 is 1.64 bits per heavy atom. The molecule has 0 aromatic rings. The van der Waals surface area contributed by atoms with E-state index in [0.29, 0.717) is 0 Å². The summed E-state index contributed by atoms with van der Waals surface area (Å²) in [6, 6.07) is -0.564. The van der Waals surface area contributed by atoms with Crippen molar-refractivity contribution in [2.45, 2.75) is 0 Å². The van der Waals surface area contributed by atoms with Gasteiger partial charge < -0.3 is 9.47 Å². The van der Waals surface area contributed by atoms with Gasteiger partial charge in [0.05, 0.1) is 1.37 Å². The molecule has 0 aliphatic rings. The Kier molecular flexibility index (Phi) is 5.70. The number of carbonyl (C=O) groups excluding carboxylic acids is 2. The van der Waals surface area contributed by atoms with Crippen LogP contribution >= 0.6 is 0 Å². The Morgan fingerprint density at radius 3 is 2.14 bits per heavy atom. The topological polar surface area (TPSA) is 52.6 Å². The SMILES string of the molecule is [2H]/C(=C\C(=O)OCC=C)C(=O)OCC=C. The summed E-state index contributed by atoms with van der Waals surface area (Å²) in [6.07, 6.45) is 3.49. The van der Waals surface area contributed by atoms with Crippen molar-refractivity contribution >= 4 is 11.9 Å². The fourth-order valence-electron chi connectivity index (χ4n) is 0.477. The largest absolute Gasteiger partial charge is 0.458 e. The highest BCUT2D eigenvalue weighted by Gasteiger charge is 1.98. The molecule has 0 N–H and O–H groups in total. The van der Waals surface area contributed by atoms with Gasteiger partial charge >= 0.3 is 11.9 Å². The summed E-state index contributed by atoms with van der Waals surface area (Å²) in [5.41, 5.74) is 0. The summed E-state index contributed by atoms with van der Waals surface area (Å²) in [6.45, 7) is 6.70. The summed E-state index contributed by atoms with van der Waals surface area (Å²) in [7, 11) is 0. The molecule has 0 radical (unpaired) electrons. The van der Waals surface area contributed by atoms with Crippen LogP contribution in [0.1, 0.15) is 1.37 Å². The lowest BCUT2D eigenvalue weighted by molar-refractivity contribution is -0.139. The maximum Gasteiger partial charge on any atom is 0.331 e. The fraction of sp³-hybridized carbons (Fsp3) is 0.200. The molecular weight excluding hydrogens is 184 g/mol. The van der Waals surface area contributed by atoms with Gasteiger partial charge in [0, 0.05) is 12.1 Å². The Hall–Kier alpha value is -1.84. The molecule has 4 nitrogen and oxygen atoms in total. The lowest BCUT2D eigenvalue weighted by atomic mass is 10.5. The third-order valence-corrected chi connectivity index (χ3v) is 0.984. The van der Waals surface area contributed by atoms with Gasteiger partial charge in [0.2, 0.25) is 0 Å². The molecule has 0 spiro atoms. The van der Waals surface area contributed by atoms with Crippen LogP contribution in [0.2, 0.25) is 0 Å². The van der Waals surface area contributed by atoms with Crippen LogP contribution < -0.4 is 0 Å². The van der Waals surface area contributed by atoms with Gasteiger partial charge in [-0.2, -0.15) is 0 Å². The molecule has 0 aliphatic heterocycles. The summed E-state index contributed by atoms with van der Waals surface area (Å²) < 4.78 is 16.2. The van der Waals surface area contributed by atoms with Crippen molar-refractivity contribution in [3.8, 4) is 0 Å². The zero-order chi connectivity index (χ0) is 11.7. The van der Waals surface area contributed by atoms with Crippen LogP contribution in [0.3, 0.4) is 0 Å². The minimum atomic E-state index is -0.898. The highest BCUT2D eigenvalue weighted by molar-refractivity contribution is 5.91. The number of esters is 2. The minimum Gasteiger partial charge on any atom is -0.458 e. The van der Waals surface area contributed by atoms with Crippen LogP contribution in [-0.2, 0) is 19.1 Å². The van der Waals surface area contributed by atoms with E-state index in [1.807, 2.05) is 0 Å². The van der Waals surface area contributed by atoms with E-state index in [1.165, 1.54) is 12.2 Å². The maximum atomic E-state index is 11.0. The molecule has 0 rings (SSSR count). The van der Waals surface area contributed by atoms with Crippen molar-refractivity contribution in [1.82, 2.24) is 0 Å². The van der Waals surface area contributed by atoms with Gasteiger partial charge in [-0.05, 0) is 0 Å². The van der Waals surface area contributed by atoms with E-state index < -0.39 is 18.0 Å². The first-order valence-electron chi connectivity index (χ1n) is 4.35. The summed E-state index contributed by atoms with van der Waals surface area (Å²) in [5, 5.41) is 0. The molecule has 0 saturated heterocycles. The Balaban J connectivity index is 4.15. The Morgan fingerprint density at radius 1 is 1.14 bits per heavy atom. The van der Waals surface area contributed by atoms with Crippen molar-refractivity contribution in [3.63, 3.8) is 0 Å². The van der Waals surface area contributed by atoms with Gasteiger partial charge in [-0.25, -0.2) is 9.59 Å². The van der Waals surface area contributed by atoms with E-state index in [0.717, 1.165) is 6.08 Å². The molecule has 0 bridgehead atoms. The quantitative estimate of drug-likeness (QED) is 0.362. The summed E-state index contributed by atoms with van der Waals surface area (Å²) in [5.74, 6) is -1.68. The molecule has 0 unspecified atom stereocenters. The highest BCUT2D eigenvalue weighted by Crippen LogP contribution is 1.85. The smallest absolute Gasteiger partial charge is 0.331 e. The van der Waals surface area contributed by atoms with Gasteiger partial charge in [0.1, 0.15) is 13.2 Å². The van der Waals surface area contributed by atoms with E-state index in [4.69, 9.17) is 1.37 Å². The van der Waals surface area contributed by atoms with Gasteiger partial charge in [-0.15, -0.1) is 0 Å². The second kappa shape index (κ2) is 7.79. The Bertz CT molecular complexity index is 294. The summed E-state index contributed by atoms with van der Waals surface area (Å²) >= 11 is 0. The van der Waals surface area contributed by atoms with E-state index in [-0.39, 0.29) is 13.2 Å². The molecular formula is C10H12O4. The first-order valence-corrected chi connectivity index (χ1v) is 3.85. The van der Waals surface area contributed by atoms with Crippen molar-refractivity contribution in [2.75, 3.05) is 13.2 Å². The second-order valence-corrected chi connectivity index (χ2v) is 2.09. The number of hydrogen-bond acceptors (Lipinski definition) is 4. The molecule has 0 heterocycles. The van der Waals surface area contributed by atoms with Crippen molar-refractivity contribution in [1.29, 1.82) is 0 Å². The number of carbonyl (C=O) groups is 2. The number of ether oxygens (including phenoxy) is 2. The number of rotatable bonds is 6. The lowest BCUT2D eigenvalue weighted by Crippen LogP contribution is -2.04. The maximum absolute atomic E-state index is 11.0. The van der Waals surface area contributed by atoms with Gasteiger partial charge in [-0.1, -0.05) is 25.3 Å². The van der Waals surface area contributed by atoms with E-state index >= 15 is 0 Å². The summed E-state index contributed by atoms with van der Waals surface area (Å²) in [4.78, 5) is 21.9. The van der Waals surface area contributed by atoms with Gasteiger partial charge in [0.15, 0.2) is 0 Å². The van der Waals surface area contributed by atoms with Crippen molar-refractivity contribution < 1.29 is 20.4 Å². The molecule has 0 amide bonds. The molecule has 0 atom stereocenters. The van der Waals surface area contributed by atoms with Crippen LogP contribution in [0.4, 0.5) is 0 Å². The van der Waals surface area contributed by atoms with Crippen LogP contribution in [0.25, 0.3) is 0 Å². The monoisotopic (exact) mass is 197 g/mol. The first kappa shape index (κ1) is 10.2. The fourth-order valence-corrected chi connectivity index (χ4v) is 0.477. The molecule has 0 aliphatic carbocycles. The van der Waals surface area contributed by atoms with Crippen molar-refractivity contribution in [3.05, 3.63) is 37.4 Å². The third kappa shape index (κ3) is 6.84. The molecule has 76 valence electrons. The normalized spacial score (nSPS) is 11.1. The van der Waals surface area contributed by atoms with Crippen molar-refractivity contribution in [2.24, 2.45) is 0 Å². The minimum absolute atomic E-state index is 0.00322. The first-order chi connectivity index (χ1) is 7.11. The molecule has 0 fully saturated rings. The lowest BCUT2D eigenvalue weighted by Gasteiger charge is -1.96. The predicted molar refractivity (Wildman–Crippen MR) is 51.5 cm³/mol. The molecule has 0 saturated carbocycles. The van der Waals surface area contributed by atoms with Gasteiger partial charge in [-0.3, -0.25) is 0 Å². The standard InChI is InChI=1S/C10H12O4/c1-3-7-13-9(11)5-6-10(12)14-8-4-2/h3-6H,1-2,7-8H2/b6-5+/i5D. The van der Waals surface area contributed by atoms with Gasteiger partial charge in [0.25, 0.3) is 0 Å². The molecule has 0 aromatic carbocycles. The van der Waals surface area contributed by atoms with E-state index in [1.54, 1.807) is 0 Å². The van der Waals surface area contributed by atoms with Crippen LogP contribution in [0.15, 0.2) is 37.4 Å². The zero-order valence-corrected chi connectivity index (χ0v) is 7.69. The molecule has 14 heavy (non-hydrogen) atoms. The van der Waals surface area contributed by atoms with Crippen LogP contribution in [-0.4, -0.2) is 25.2 Å². The second-order valence-electron chi connectivity index (χ2n) is 2.09. The zero-order valence-electron chi connectivity index (χ0n) is 8.69. The predicted octanol–water partition coefficient (Wildman–Crippen LogP) is 1.00. The third-order valence-electron chi connectivity index (χ3n) is 0.984. The van der Waals surface area contributed by atoms with Crippen LogP contribution in [0.5, 0.6) is 0 Å². The van der Waals surface area contributed by atoms with E-state index in [2.05, 4.69) is 22.6 Å². The highest BCUT2D eigenvalue weighted by atomic mass is 16.5. The Labute approximate surface area is 83.9 Å². The van der Waals surface area contributed by atoms with Crippen LogP contribution in [0, 0.1) is 0 Å².